The van der Waals surface area contributed by atoms with Crippen LogP contribution in [0.2, 0.25) is 0 Å². The number of sulfonamides is 1. The van der Waals surface area contributed by atoms with Crippen molar-refractivity contribution in [3.63, 3.8) is 0 Å². The molecule has 1 aromatic heterocycles. The van der Waals surface area contributed by atoms with Crippen LogP contribution in [0.15, 0.2) is 32.7 Å². The van der Waals surface area contributed by atoms with Gasteiger partial charge in [0, 0.05) is 33.2 Å². The van der Waals surface area contributed by atoms with Crippen molar-refractivity contribution >= 4 is 21.1 Å². The zero-order valence-corrected chi connectivity index (χ0v) is 16.8. The number of rotatable bonds is 5. The zero-order chi connectivity index (χ0) is 19.8. The molecular formula is C18H26N4O4S. The summed E-state index contributed by atoms with van der Waals surface area (Å²) in [5, 5.41) is 0. The van der Waals surface area contributed by atoms with Crippen molar-refractivity contribution < 1.29 is 8.42 Å². The van der Waals surface area contributed by atoms with Crippen LogP contribution in [0.3, 0.4) is 0 Å². The molecule has 0 unspecified atom stereocenters. The number of fused-ring (bicyclic) bond motifs is 1. The fourth-order valence-electron chi connectivity index (χ4n) is 3.63. The molecule has 2 heterocycles. The van der Waals surface area contributed by atoms with E-state index in [2.05, 4.69) is 16.5 Å². The molecule has 148 valence electrons. The second-order valence-corrected chi connectivity index (χ2v) is 8.92. The maximum atomic E-state index is 12.7. The fraction of sp³-hybridized carbons (Fsp3) is 0.556. The van der Waals surface area contributed by atoms with Gasteiger partial charge in [-0.05, 0) is 44.5 Å². The number of nitrogens with one attached hydrogen (secondary N) is 1. The maximum absolute atomic E-state index is 12.7. The van der Waals surface area contributed by atoms with Crippen LogP contribution < -0.4 is 15.8 Å². The van der Waals surface area contributed by atoms with Crippen molar-refractivity contribution in [2.24, 2.45) is 14.1 Å². The first-order valence-corrected chi connectivity index (χ1v) is 10.6. The first kappa shape index (κ1) is 19.8. The summed E-state index contributed by atoms with van der Waals surface area (Å²) in [6.45, 7) is 4.16. The van der Waals surface area contributed by atoms with E-state index >= 15 is 0 Å². The Balaban J connectivity index is 1.83. The second kappa shape index (κ2) is 7.57. The van der Waals surface area contributed by atoms with Crippen molar-refractivity contribution in [3.05, 3.63) is 38.9 Å². The van der Waals surface area contributed by atoms with Crippen LogP contribution in [0, 0.1) is 0 Å². The molecule has 0 saturated carbocycles. The lowest BCUT2D eigenvalue weighted by atomic mass is 10.0. The maximum Gasteiger partial charge on any atom is 0.316 e. The molecule has 1 aromatic carbocycles. The monoisotopic (exact) mass is 394 g/mol. The smallest absolute Gasteiger partial charge is 0.305 e. The third-order valence-electron chi connectivity index (χ3n) is 5.40. The lowest BCUT2D eigenvalue weighted by molar-refractivity contribution is 0.164. The second-order valence-electron chi connectivity index (χ2n) is 7.16. The first-order valence-electron chi connectivity index (χ1n) is 9.16. The predicted octanol–water partition coefficient (Wildman–Crippen LogP) is 0.390. The van der Waals surface area contributed by atoms with Gasteiger partial charge in [-0.1, -0.05) is 6.42 Å². The molecule has 1 aliphatic heterocycles. The van der Waals surface area contributed by atoms with Gasteiger partial charge >= 0.3 is 11.1 Å². The number of piperidine rings is 1. The number of hydrogen-bond acceptors (Lipinski definition) is 5. The van der Waals surface area contributed by atoms with Gasteiger partial charge in [0.2, 0.25) is 10.0 Å². The van der Waals surface area contributed by atoms with E-state index < -0.39 is 21.1 Å². The first-order chi connectivity index (χ1) is 12.7. The van der Waals surface area contributed by atoms with Crippen molar-refractivity contribution in [3.8, 4) is 0 Å². The SMILES string of the molecule is C[C@H]1CCCCN1CCNS(=O)(=O)c1ccc2c(c1)n(C)c(=O)c(=O)n2C. The molecule has 9 heteroatoms. The Hall–Kier alpha value is -1.97. The molecular weight excluding hydrogens is 368 g/mol. The Morgan fingerprint density at radius 3 is 2.41 bits per heavy atom. The highest BCUT2D eigenvalue weighted by atomic mass is 32.2. The Bertz CT molecular complexity index is 1070. The van der Waals surface area contributed by atoms with Crippen LogP contribution in [-0.2, 0) is 24.1 Å². The van der Waals surface area contributed by atoms with Crippen LogP contribution in [0.1, 0.15) is 26.2 Å². The molecule has 0 aliphatic carbocycles. The third kappa shape index (κ3) is 3.85. The van der Waals surface area contributed by atoms with Gasteiger partial charge in [0.25, 0.3) is 0 Å². The van der Waals surface area contributed by atoms with Gasteiger partial charge < -0.3 is 9.13 Å². The molecule has 27 heavy (non-hydrogen) atoms. The van der Waals surface area contributed by atoms with Crippen molar-refractivity contribution in [2.45, 2.75) is 37.1 Å². The topological polar surface area (TPSA) is 93.4 Å². The van der Waals surface area contributed by atoms with Crippen LogP contribution in [0.5, 0.6) is 0 Å². The van der Waals surface area contributed by atoms with Crippen LogP contribution >= 0.6 is 0 Å². The predicted molar refractivity (Wildman–Crippen MR) is 105 cm³/mol. The minimum Gasteiger partial charge on any atom is -0.305 e. The fourth-order valence-corrected chi connectivity index (χ4v) is 4.67. The highest BCUT2D eigenvalue weighted by Gasteiger charge is 2.20. The Morgan fingerprint density at radius 2 is 1.74 bits per heavy atom. The van der Waals surface area contributed by atoms with Gasteiger partial charge in [0.1, 0.15) is 0 Å². The van der Waals surface area contributed by atoms with Gasteiger partial charge in [-0.15, -0.1) is 0 Å². The van der Waals surface area contributed by atoms with E-state index in [-0.39, 0.29) is 4.90 Å². The Morgan fingerprint density at radius 1 is 1.07 bits per heavy atom. The summed E-state index contributed by atoms with van der Waals surface area (Å²) < 4.78 is 30.4. The summed E-state index contributed by atoms with van der Waals surface area (Å²) >= 11 is 0. The van der Waals surface area contributed by atoms with Crippen LogP contribution in [-0.4, -0.2) is 48.1 Å². The average Bonchev–Trinajstić information content (AvgIpc) is 2.65. The zero-order valence-electron chi connectivity index (χ0n) is 15.9. The molecule has 3 rings (SSSR count). The van der Waals surface area contributed by atoms with Gasteiger partial charge in [-0.25, -0.2) is 13.1 Å². The van der Waals surface area contributed by atoms with E-state index in [0.717, 1.165) is 19.4 Å². The minimum atomic E-state index is -3.70. The average molecular weight is 394 g/mol. The van der Waals surface area contributed by atoms with Crippen molar-refractivity contribution in [1.29, 1.82) is 0 Å². The van der Waals surface area contributed by atoms with E-state index in [4.69, 9.17) is 0 Å². The quantitative estimate of drug-likeness (QED) is 0.741. The number of aryl methyl sites for hydroxylation is 2. The van der Waals surface area contributed by atoms with Gasteiger partial charge in [-0.2, -0.15) is 0 Å². The number of aromatic nitrogens is 2. The Kier molecular flexibility index (Phi) is 5.55. The summed E-state index contributed by atoms with van der Waals surface area (Å²) in [5.41, 5.74) is -0.432. The highest BCUT2D eigenvalue weighted by Crippen LogP contribution is 2.17. The summed E-state index contributed by atoms with van der Waals surface area (Å²) in [4.78, 5) is 26.3. The molecule has 0 spiro atoms. The number of hydrogen-bond donors (Lipinski definition) is 1. The molecule has 1 aliphatic rings. The normalized spacial score (nSPS) is 18.9. The van der Waals surface area contributed by atoms with E-state index in [9.17, 15) is 18.0 Å². The minimum absolute atomic E-state index is 0.0790. The Labute approximate surface area is 158 Å². The van der Waals surface area contributed by atoms with Crippen LogP contribution in [0.4, 0.5) is 0 Å². The lowest BCUT2D eigenvalue weighted by Gasteiger charge is -2.33. The molecule has 1 N–H and O–H groups in total. The highest BCUT2D eigenvalue weighted by molar-refractivity contribution is 7.89. The van der Waals surface area contributed by atoms with Gasteiger partial charge in [-0.3, -0.25) is 14.5 Å². The number of likely N-dealkylation sites (tertiary alicyclic amines) is 1. The summed E-state index contributed by atoms with van der Waals surface area (Å²) in [6, 6.07) is 4.91. The van der Waals surface area contributed by atoms with Gasteiger partial charge in [0.15, 0.2) is 0 Å². The van der Waals surface area contributed by atoms with Crippen molar-refractivity contribution in [2.75, 3.05) is 19.6 Å². The summed E-state index contributed by atoms with van der Waals surface area (Å²) in [5.74, 6) is 0. The number of benzene rings is 1. The van der Waals surface area contributed by atoms with E-state index in [1.165, 1.54) is 41.8 Å². The van der Waals surface area contributed by atoms with E-state index in [1.54, 1.807) is 6.07 Å². The van der Waals surface area contributed by atoms with Crippen molar-refractivity contribution in [1.82, 2.24) is 18.8 Å². The summed E-state index contributed by atoms with van der Waals surface area (Å²) in [7, 11) is -0.738. The molecule has 1 fully saturated rings. The lowest BCUT2D eigenvalue weighted by Crippen LogP contribution is -2.42. The van der Waals surface area contributed by atoms with Gasteiger partial charge in [0.05, 0.1) is 15.9 Å². The molecule has 0 amide bonds. The third-order valence-corrected chi connectivity index (χ3v) is 6.86. The van der Waals surface area contributed by atoms with E-state index in [1.807, 2.05) is 0 Å². The molecule has 1 saturated heterocycles. The molecule has 8 nitrogen and oxygen atoms in total. The molecule has 1 atom stereocenters. The largest absolute Gasteiger partial charge is 0.316 e. The van der Waals surface area contributed by atoms with E-state index in [0.29, 0.717) is 30.2 Å². The molecule has 2 aromatic rings. The molecule has 0 bridgehead atoms. The standard InChI is InChI=1S/C18H26N4O4S/c1-13-6-4-5-10-22(13)11-9-19-27(25,26)14-7-8-15-16(12-14)21(3)18(24)17(23)20(15)2/h7-8,12-13,19H,4-6,9-11H2,1-3H3/t13-/m0/s1. The van der Waals surface area contributed by atoms with Crippen LogP contribution in [0.25, 0.3) is 11.0 Å². The molecule has 0 radical (unpaired) electrons. The number of nitrogens with zero attached hydrogens (tertiary/aromatic N) is 3. The summed E-state index contributed by atoms with van der Waals surface area (Å²) in [6.07, 6.45) is 3.51.